The van der Waals surface area contributed by atoms with E-state index in [4.69, 9.17) is 5.73 Å². The summed E-state index contributed by atoms with van der Waals surface area (Å²) in [5.74, 6) is -0.436. The summed E-state index contributed by atoms with van der Waals surface area (Å²) in [4.78, 5) is 13.4. The lowest BCUT2D eigenvalue weighted by Gasteiger charge is -2.20. The molecule has 0 aromatic heterocycles. The van der Waals surface area contributed by atoms with Gasteiger partial charge in [0.2, 0.25) is 0 Å². The highest BCUT2D eigenvalue weighted by Gasteiger charge is 2.31. The van der Waals surface area contributed by atoms with E-state index in [9.17, 15) is 18.0 Å². The average molecular weight is 260 g/mol. The second-order valence-electron chi connectivity index (χ2n) is 3.75. The van der Waals surface area contributed by atoms with Crippen LogP contribution < -0.4 is 5.73 Å². The van der Waals surface area contributed by atoms with Crippen LogP contribution in [0.25, 0.3) is 0 Å². The molecule has 18 heavy (non-hydrogen) atoms. The van der Waals surface area contributed by atoms with Crippen molar-refractivity contribution in [3.63, 3.8) is 0 Å². The first kappa shape index (κ1) is 14.5. The fraction of sp³-hybridized carbons (Fsp3) is 0.417. The van der Waals surface area contributed by atoms with Crippen LogP contribution in [-0.4, -0.2) is 30.4 Å². The second kappa shape index (κ2) is 5.86. The zero-order valence-corrected chi connectivity index (χ0v) is 10.00. The Labute approximate surface area is 103 Å². The monoisotopic (exact) mass is 260 g/mol. The molecule has 0 spiro atoms. The summed E-state index contributed by atoms with van der Waals surface area (Å²) >= 11 is 0. The minimum atomic E-state index is -4.44. The van der Waals surface area contributed by atoms with E-state index in [2.05, 4.69) is 0 Å². The zero-order chi connectivity index (χ0) is 13.8. The molecule has 1 aromatic carbocycles. The van der Waals surface area contributed by atoms with E-state index in [1.54, 1.807) is 6.92 Å². The Bertz CT molecular complexity index is 418. The number of hydrogen-bond donors (Lipinski definition) is 1. The van der Waals surface area contributed by atoms with Gasteiger partial charge < -0.3 is 10.6 Å². The largest absolute Gasteiger partial charge is 0.416 e. The van der Waals surface area contributed by atoms with Gasteiger partial charge in [0, 0.05) is 25.2 Å². The van der Waals surface area contributed by atoms with Gasteiger partial charge in [-0.2, -0.15) is 13.2 Å². The fourth-order valence-corrected chi connectivity index (χ4v) is 1.57. The number of amides is 1. The predicted octanol–water partition coefficient (Wildman–Crippen LogP) is 2.13. The molecule has 3 nitrogen and oxygen atoms in total. The number of nitrogens with two attached hydrogens (primary N) is 1. The lowest BCUT2D eigenvalue weighted by molar-refractivity contribution is -0.137. The van der Waals surface area contributed by atoms with Gasteiger partial charge in [0.15, 0.2) is 0 Å². The highest BCUT2D eigenvalue weighted by Crippen LogP contribution is 2.29. The number of alkyl halides is 3. The SMILES string of the molecule is CCN(CCN)C(=O)c1cccc(C(F)(F)F)c1. The van der Waals surface area contributed by atoms with Crippen LogP contribution in [0.1, 0.15) is 22.8 Å². The first-order valence-electron chi connectivity index (χ1n) is 5.56. The molecule has 0 aliphatic carbocycles. The predicted molar refractivity (Wildman–Crippen MR) is 62.1 cm³/mol. The normalized spacial score (nSPS) is 11.4. The number of hydrogen-bond acceptors (Lipinski definition) is 2. The van der Waals surface area contributed by atoms with Crippen molar-refractivity contribution in [2.45, 2.75) is 13.1 Å². The van der Waals surface area contributed by atoms with E-state index in [0.29, 0.717) is 13.1 Å². The molecule has 0 aliphatic heterocycles. The molecule has 0 unspecified atom stereocenters. The molecule has 0 aliphatic rings. The Hall–Kier alpha value is -1.56. The van der Waals surface area contributed by atoms with Crippen molar-refractivity contribution in [3.05, 3.63) is 35.4 Å². The first-order chi connectivity index (χ1) is 8.40. The van der Waals surface area contributed by atoms with Crippen LogP contribution in [0.2, 0.25) is 0 Å². The molecule has 1 aromatic rings. The summed E-state index contributed by atoms with van der Waals surface area (Å²) in [6.07, 6.45) is -4.44. The maximum Gasteiger partial charge on any atom is 0.416 e. The van der Waals surface area contributed by atoms with Crippen LogP contribution in [0.5, 0.6) is 0 Å². The van der Waals surface area contributed by atoms with Crippen molar-refractivity contribution in [3.8, 4) is 0 Å². The zero-order valence-electron chi connectivity index (χ0n) is 10.00. The Kier molecular flexibility index (Phi) is 4.72. The van der Waals surface area contributed by atoms with Gasteiger partial charge in [-0.3, -0.25) is 4.79 Å². The highest BCUT2D eigenvalue weighted by atomic mass is 19.4. The summed E-state index contributed by atoms with van der Waals surface area (Å²) in [7, 11) is 0. The fourth-order valence-electron chi connectivity index (χ4n) is 1.57. The van der Waals surface area contributed by atoms with Crippen molar-refractivity contribution < 1.29 is 18.0 Å². The van der Waals surface area contributed by atoms with Gasteiger partial charge in [-0.15, -0.1) is 0 Å². The molecule has 0 saturated carbocycles. The van der Waals surface area contributed by atoms with Crippen LogP contribution in [0.3, 0.4) is 0 Å². The number of nitrogens with zero attached hydrogens (tertiary/aromatic N) is 1. The van der Waals surface area contributed by atoms with E-state index in [0.717, 1.165) is 12.1 Å². The molecule has 100 valence electrons. The Morgan fingerprint density at radius 2 is 2.06 bits per heavy atom. The lowest BCUT2D eigenvalue weighted by Crippen LogP contribution is -2.35. The van der Waals surface area contributed by atoms with E-state index in [1.807, 2.05) is 0 Å². The third-order valence-electron chi connectivity index (χ3n) is 2.50. The second-order valence-corrected chi connectivity index (χ2v) is 3.75. The van der Waals surface area contributed by atoms with Crippen LogP contribution in [0.15, 0.2) is 24.3 Å². The number of rotatable bonds is 4. The van der Waals surface area contributed by atoms with Crippen molar-refractivity contribution in [2.24, 2.45) is 5.73 Å². The van der Waals surface area contributed by atoms with Crippen molar-refractivity contribution in [2.75, 3.05) is 19.6 Å². The molecule has 0 radical (unpaired) electrons. The molecular weight excluding hydrogens is 245 g/mol. The van der Waals surface area contributed by atoms with Gasteiger partial charge in [0.1, 0.15) is 0 Å². The minimum Gasteiger partial charge on any atom is -0.338 e. The molecule has 0 atom stereocenters. The first-order valence-corrected chi connectivity index (χ1v) is 5.56. The highest BCUT2D eigenvalue weighted by molar-refractivity contribution is 5.94. The summed E-state index contributed by atoms with van der Waals surface area (Å²) in [5, 5.41) is 0. The third kappa shape index (κ3) is 3.46. The van der Waals surface area contributed by atoms with Crippen molar-refractivity contribution >= 4 is 5.91 Å². The molecule has 1 rings (SSSR count). The summed E-state index contributed by atoms with van der Waals surface area (Å²) in [5.41, 5.74) is 4.55. The van der Waals surface area contributed by atoms with Gasteiger partial charge in [-0.1, -0.05) is 6.07 Å². The third-order valence-corrected chi connectivity index (χ3v) is 2.50. The quantitative estimate of drug-likeness (QED) is 0.901. The average Bonchev–Trinajstić information content (AvgIpc) is 2.34. The minimum absolute atomic E-state index is 0.0279. The van der Waals surface area contributed by atoms with Crippen molar-refractivity contribution in [1.82, 2.24) is 4.90 Å². The Morgan fingerprint density at radius 3 is 2.56 bits per heavy atom. The summed E-state index contributed by atoms with van der Waals surface area (Å²) in [6.45, 7) is 2.76. The number of benzene rings is 1. The number of carbonyl (C=O) groups excluding carboxylic acids is 1. The maximum absolute atomic E-state index is 12.5. The molecule has 6 heteroatoms. The van der Waals surface area contributed by atoms with Crippen LogP contribution in [0, 0.1) is 0 Å². The topological polar surface area (TPSA) is 46.3 Å². The van der Waals surface area contributed by atoms with E-state index >= 15 is 0 Å². The lowest BCUT2D eigenvalue weighted by atomic mass is 10.1. The Morgan fingerprint density at radius 1 is 1.39 bits per heavy atom. The molecule has 0 fully saturated rings. The summed E-state index contributed by atoms with van der Waals surface area (Å²) in [6, 6.07) is 4.40. The van der Waals surface area contributed by atoms with Gasteiger partial charge in [0.05, 0.1) is 5.56 Å². The maximum atomic E-state index is 12.5. The van der Waals surface area contributed by atoms with Crippen LogP contribution in [0.4, 0.5) is 13.2 Å². The molecule has 1 amide bonds. The van der Waals surface area contributed by atoms with Crippen molar-refractivity contribution in [1.29, 1.82) is 0 Å². The number of likely N-dealkylation sites (N-methyl/N-ethyl adjacent to an activating group) is 1. The standard InChI is InChI=1S/C12H15F3N2O/c1-2-17(7-6-16)11(18)9-4-3-5-10(8-9)12(13,14)15/h3-5,8H,2,6-7,16H2,1H3. The van der Waals surface area contributed by atoms with E-state index in [1.165, 1.54) is 17.0 Å². The molecule has 0 heterocycles. The van der Waals surface area contributed by atoms with E-state index in [-0.39, 0.29) is 12.1 Å². The van der Waals surface area contributed by atoms with Crippen LogP contribution >= 0.6 is 0 Å². The van der Waals surface area contributed by atoms with E-state index < -0.39 is 17.6 Å². The van der Waals surface area contributed by atoms with Gasteiger partial charge in [-0.25, -0.2) is 0 Å². The molecule has 0 bridgehead atoms. The number of carbonyl (C=O) groups is 1. The van der Waals surface area contributed by atoms with Gasteiger partial charge >= 0.3 is 6.18 Å². The smallest absolute Gasteiger partial charge is 0.338 e. The van der Waals surface area contributed by atoms with Gasteiger partial charge in [-0.05, 0) is 25.1 Å². The number of halogens is 3. The molecule has 2 N–H and O–H groups in total. The van der Waals surface area contributed by atoms with Gasteiger partial charge in [0.25, 0.3) is 5.91 Å². The summed E-state index contributed by atoms with van der Waals surface area (Å²) < 4.78 is 37.6. The molecule has 0 saturated heterocycles. The van der Waals surface area contributed by atoms with Crippen LogP contribution in [-0.2, 0) is 6.18 Å². The molecular formula is C12H15F3N2O. The Balaban J connectivity index is 2.99.